The molecule has 72 valence electrons. The third kappa shape index (κ3) is 1.77. The van der Waals surface area contributed by atoms with Crippen molar-refractivity contribution in [3.05, 3.63) is 39.5 Å². The van der Waals surface area contributed by atoms with Crippen molar-refractivity contribution in [2.45, 2.75) is 11.8 Å². The molecule has 0 aliphatic carbocycles. The predicted molar refractivity (Wildman–Crippen MR) is 73.2 cm³/mol. The summed E-state index contributed by atoms with van der Waals surface area (Å²) in [6, 6.07) is 11.0. The molecule has 0 aliphatic rings. The molecule has 0 heterocycles. The topological polar surface area (TPSA) is 0 Å². The average molecular weight is 314 g/mol. The second-order valence-corrected chi connectivity index (χ2v) is 5.28. The summed E-state index contributed by atoms with van der Waals surface area (Å²) in [4.78, 5) is 1.39. The maximum Gasteiger partial charge on any atom is 0.0281 e. The first-order chi connectivity index (χ1) is 6.72. The minimum atomic E-state index is 1.32. The Morgan fingerprint density at radius 1 is 1.14 bits per heavy atom. The molecule has 0 N–H and O–H groups in total. The molecule has 0 amide bonds. The molecule has 0 fully saturated rings. The van der Waals surface area contributed by atoms with Crippen molar-refractivity contribution < 1.29 is 0 Å². The number of hydrogen-bond donors (Lipinski definition) is 0. The van der Waals surface area contributed by atoms with Gasteiger partial charge in [-0.1, -0.05) is 29.8 Å². The second kappa shape index (κ2) is 4.11. The number of aryl methyl sites for hydroxylation is 1. The van der Waals surface area contributed by atoms with Crippen molar-refractivity contribution in [3.8, 4) is 0 Å². The van der Waals surface area contributed by atoms with Crippen LogP contribution in [0.2, 0.25) is 0 Å². The Balaban J connectivity index is 2.82. The van der Waals surface area contributed by atoms with Gasteiger partial charge in [-0.3, -0.25) is 0 Å². The monoisotopic (exact) mass is 314 g/mol. The summed E-state index contributed by atoms with van der Waals surface area (Å²) in [6.45, 7) is 2.14. The molecule has 2 heteroatoms. The van der Waals surface area contributed by atoms with Crippen molar-refractivity contribution >= 4 is 45.1 Å². The molecular formula is C12H11IS. The van der Waals surface area contributed by atoms with Gasteiger partial charge in [-0.2, -0.15) is 0 Å². The lowest BCUT2D eigenvalue weighted by molar-refractivity contribution is 1.44. The van der Waals surface area contributed by atoms with Crippen molar-refractivity contribution in [1.82, 2.24) is 0 Å². The van der Waals surface area contributed by atoms with E-state index in [0.29, 0.717) is 0 Å². The molecule has 2 rings (SSSR count). The summed E-state index contributed by atoms with van der Waals surface area (Å²) < 4.78 is 1.34. The molecule has 0 saturated heterocycles. The van der Waals surface area contributed by atoms with Gasteiger partial charge in [-0.05, 0) is 52.6 Å². The number of fused-ring (bicyclic) bond motifs is 1. The Kier molecular flexibility index (Phi) is 3.02. The molecule has 0 unspecified atom stereocenters. The van der Waals surface area contributed by atoms with Crippen LogP contribution >= 0.6 is 34.4 Å². The first-order valence-electron chi connectivity index (χ1n) is 4.45. The first-order valence-corrected chi connectivity index (χ1v) is 6.75. The number of benzene rings is 2. The quantitative estimate of drug-likeness (QED) is 0.553. The summed E-state index contributed by atoms with van der Waals surface area (Å²) in [5, 5.41) is 2.71. The highest BCUT2D eigenvalue weighted by Crippen LogP contribution is 2.31. The molecule has 0 atom stereocenters. The molecule has 0 spiro atoms. The second-order valence-electron chi connectivity index (χ2n) is 3.31. The lowest BCUT2D eigenvalue weighted by atomic mass is 10.1. The van der Waals surface area contributed by atoms with Gasteiger partial charge in [-0.25, -0.2) is 0 Å². The Hall–Kier alpha value is -0.220. The van der Waals surface area contributed by atoms with E-state index < -0.39 is 0 Å². The molecular weight excluding hydrogens is 303 g/mol. The van der Waals surface area contributed by atoms with Crippen LogP contribution in [0.1, 0.15) is 5.56 Å². The lowest BCUT2D eigenvalue weighted by Crippen LogP contribution is -1.82. The Morgan fingerprint density at radius 3 is 2.64 bits per heavy atom. The normalized spacial score (nSPS) is 10.8. The lowest BCUT2D eigenvalue weighted by Gasteiger charge is -2.06. The molecule has 0 radical (unpaired) electrons. The SMILES string of the molecule is CSc1c(I)ccc2cc(C)ccc12. The van der Waals surface area contributed by atoms with Gasteiger partial charge >= 0.3 is 0 Å². The largest absolute Gasteiger partial charge is 0.128 e. The Bertz CT molecular complexity index is 477. The van der Waals surface area contributed by atoms with E-state index in [2.05, 4.69) is 66.1 Å². The highest BCUT2D eigenvalue weighted by atomic mass is 127. The zero-order valence-electron chi connectivity index (χ0n) is 8.17. The van der Waals surface area contributed by atoms with E-state index in [9.17, 15) is 0 Å². The van der Waals surface area contributed by atoms with E-state index in [1.165, 1.54) is 24.8 Å². The average Bonchev–Trinajstić information content (AvgIpc) is 2.18. The summed E-state index contributed by atoms with van der Waals surface area (Å²) in [6.07, 6.45) is 2.14. The zero-order valence-corrected chi connectivity index (χ0v) is 11.1. The van der Waals surface area contributed by atoms with Gasteiger partial charge in [-0.15, -0.1) is 11.8 Å². The molecule has 0 aliphatic heterocycles. The van der Waals surface area contributed by atoms with Gasteiger partial charge in [0, 0.05) is 8.47 Å². The zero-order chi connectivity index (χ0) is 10.1. The van der Waals surface area contributed by atoms with Crippen LogP contribution in [-0.4, -0.2) is 6.26 Å². The van der Waals surface area contributed by atoms with Crippen LogP contribution in [-0.2, 0) is 0 Å². The summed E-state index contributed by atoms with van der Waals surface area (Å²) in [5.41, 5.74) is 1.32. The third-order valence-corrected chi connectivity index (χ3v) is 4.39. The fourth-order valence-corrected chi connectivity index (χ4v) is 3.40. The summed E-state index contributed by atoms with van der Waals surface area (Å²) >= 11 is 4.22. The molecule has 2 aromatic carbocycles. The van der Waals surface area contributed by atoms with Crippen LogP contribution in [0.3, 0.4) is 0 Å². The fourth-order valence-electron chi connectivity index (χ4n) is 1.60. The number of thioether (sulfide) groups is 1. The predicted octanol–water partition coefficient (Wildman–Crippen LogP) is 4.47. The van der Waals surface area contributed by atoms with Gasteiger partial charge in [0.15, 0.2) is 0 Å². The van der Waals surface area contributed by atoms with E-state index in [1.807, 2.05) is 11.8 Å². The fraction of sp³-hybridized carbons (Fsp3) is 0.167. The highest BCUT2D eigenvalue weighted by Gasteiger charge is 2.03. The van der Waals surface area contributed by atoms with Crippen LogP contribution in [0, 0.1) is 10.5 Å². The van der Waals surface area contributed by atoms with Crippen LogP contribution in [0.15, 0.2) is 35.2 Å². The van der Waals surface area contributed by atoms with Gasteiger partial charge in [0.25, 0.3) is 0 Å². The molecule has 14 heavy (non-hydrogen) atoms. The minimum Gasteiger partial charge on any atom is -0.128 e. The van der Waals surface area contributed by atoms with Gasteiger partial charge in [0.1, 0.15) is 0 Å². The van der Waals surface area contributed by atoms with Crippen molar-refractivity contribution in [2.24, 2.45) is 0 Å². The number of hydrogen-bond acceptors (Lipinski definition) is 1. The van der Waals surface area contributed by atoms with Crippen molar-refractivity contribution in [2.75, 3.05) is 6.26 Å². The molecule has 0 aromatic heterocycles. The summed E-state index contributed by atoms with van der Waals surface area (Å²) in [5.74, 6) is 0. The van der Waals surface area contributed by atoms with Crippen LogP contribution in [0.4, 0.5) is 0 Å². The van der Waals surface area contributed by atoms with Gasteiger partial charge < -0.3 is 0 Å². The van der Waals surface area contributed by atoms with Gasteiger partial charge in [0.05, 0.1) is 0 Å². The molecule has 0 saturated carbocycles. The minimum absolute atomic E-state index is 1.32. The maximum absolute atomic E-state index is 2.40. The van der Waals surface area contributed by atoms with E-state index in [-0.39, 0.29) is 0 Å². The third-order valence-electron chi connectivity index (χ3n) is 2.28. The van der Waals surface area contributed by atoms with E-state index in [0.717, 1.165) is 0 Å². The Morgan fingerprint density at radius 2 is 1.93 bits per heavy atom. The Labute approximate surface area is 102 Å². The van der Waals surface area contributed by atoms with Crippen molar-refractivity contribution in [1.29, 1.82) is 0 Å². The maximum atomic E-state index is 2.40. The van der Waals surface area contributed by atoms with E-state index >= 15 is 0 Å². The highest BCUT2D eigenvalue weighted by molar-refractivity contribution is 14.1. The van der Waals surface area contributed by atoms with E-state index in [1.54, 1.807) is 0 Å². The summed E-state index contributed by atoms with van der Waals surface area (Å²) in [7, 11) is 0. The molecule has 0 nitrogen and oxygen atoms in total. The first kappa shape index (κ1) is 10.3. The smallest absolute Gasteiger partial charge is 0.0281 e. The van der Waals surface area contributed by atoms with Crippen molar-refractivity contribution in [3.63, 3.8) is 0 Å². The van der Waals surface area contributed by atoms with Gasteiger partial charge in [0.2, 0.25) is 0 Å². The molecule has 0 bridgehead atoms. The number of rotatable bonds is 1. The van der Waals surface area contributed by atoms with Crippen LogP contribution in [0.25, 0.3) is 10.8 Å². The molecule has 2 aromatic rings. The number of halogens is 1. The van der Waals surface area contributed by atoms with Crippen LogP contribution in [0.5, 0.6) is 0 Å². The van der Waals surface area contributed by atoms with Crippen LogP contribution < -0.4 is 0 Å². The standard InChI is InChI=1S/C12H11IS/c1-8-3-5-10-9(7-8)4-6-11(13)12(10)14-2/h3-7H,1-2H3. The van der Waals surface area contributed by atoms with E-state index in [4.69, 9.17) is 0 Å².